The lowest BCUT2D eigenvalue weighted by atomic mass is 10.2. The van der Waals surface area contributed by atoms with Gasteiger partial charge in [0, 0.05) is 12.8 Å². The van der Waals surface area contributed by atoms with Crippen LogP contribution in [0.25, 0.3) is 0 Å². The largest absolute Gasteiger partial charge is 0.481 e. The topological polar surface area (TPSA) is 74.6 Å². The molecule has 0 heterocycles. The minimum atomic E-state index is -0.741. The molecule has 0 amide bonds. The molecule has 0 aromatic rings. The van der Waals surface area contributed by atoms with E-state index in [1.54, 1.807) is 0 Å². The Hall–Kier alpha value is -3.92. The Balaban J connectivity index is 0. The van der Waals surface area contributed by atoms with Crippen molar-refractivity contribution in [3.8, 4) is 0 Å². The van der Waals surface area contributed by atoms with Gasteiger partial charge in [0.2, 0.25) is 0 Å². The van der Waals surface area contributed by atoms with Gasteiger partial charge in [-0.15, -0.1) is 0 Å². The van der Waals surface area contributed by atoms with Crippen LogP contribution in [0.4, 0.5) is 0 Å². The Labute approximate surface area is 281 Å². The molecule has 254 valence electrons. The second kappa shape index (κ2) is 41.1. The van der Waals surface area contributed by atoms with Crippen LogP contribution in [0.2, 0.25) is 0 Å². The fraction of sp³-hybridized carbons (Fsp3) is 0.429. The lowest BCUT2D eigenvalue weighted by Crippen LogP contribution is -1.92. The minimum Gasteiger partial charge on any atom is -0.481 e. The molecule has 0 aliphatic carbocycles. The smallest absolute Gasteiger partial charge is 0.303 e. The Bertz CT molecular complexity index is 1030. The molecular formula is C42H62O4. The summed E-state index contributed by atoms with van der Waals surface area (Å²) >= 11 is 0. The summed E-state index contributed by atoms with van der Waals surface area (Å²) in [6.45, 7) is 4.29. The Morgan fingerprint density at radius 2 is 0.587 bits per heavy atom. The SMILES string of the molecule is CC/C=C/C/C=C\C/C=C\C/C=C\C/C=C\C/C=C\CCC(=O)O.CC/C=C\C/C=C\C/C=C\C/C=C\C/C=C\CCCC(=O)O. The zero-order valence-corrected chi connectivity index (χ0v) is 28.7. The number of unbranched alkanes of at least 4 members (excludes halogenated alkanes) is 1. The summed E-state index contributed by atoms with van der Waals surface area (Å²) in [4.78, 5) is 20.6. The van der Waals surface area contributed by atoms with Crippen molar-refractivity contribution < 1.29 is 19.8 Å². The molecule has 0 aliphatic rings. The van der Waals surface area contributed by atoms with Crippen LogP contribution in [0.1, 0.15) is 117 Å². The van der Waals surface area contributed by atoms with Gasteiger partial charge in [-0.05, 0) is 89.9 Å². The molecule has 4 nitrogen and oxygen atoms in total. The van der Waals surface area contributed by atoms with E-state index in [0.717, 1.165) is 83.5 Å². The lowest BCUT2D eigenvalue weighted by molar-refractivity contribution is -0.138. The maximum absolute atomic E-state index is 10.3. The third-order valence-electron chi connectivity index (χ3n) is 6.04. The van der Waals surface area contributed by atoms with E-state index in [1.807, 2.05) is 12.2 Å². The summed E-state index contributed by atoms with van der Waals surface area (Å²) in [6.07, 6.45) is 60.9. The Morgan fingerprint density at radius 3 is 0.848 bits per heavy atom. The zero-order valence-electron chi connectivity index (χ0n) is 28.7. The average Bonchev–Trinajstić information content (AvgIpc) is 3.03. The summed E-state index contributed by atoms with van der Waals surface area (Å²) in [5, 5.41) is 17.0. The van der Waals surface area contributed by atoms with Crippen molar-refractivity contribution in [3.05, 3.63) is 134 Å². The molecule has 0 aromatic heterocycles. The normalized spacial score (nSPS) is 12.9. The van der Waals surface area contributed by atoms with Crippen LogP contribution in [0, 0.1) is 0 Å². The fourth-order valence-corrected chi connectivity index (χ4v) is 3.59. The standard InChI is InChI=1S/C22H32O2.C20H30O2/c1-2-3-4-5-6-7-8-9-10-11-12-13-14-15-16-17-18-19-20-21-22(23)24;1-2-3-4-5-6-7-8-9-10-11-12-13-14-15-16-17-18-19-20(21)22/h3-4,6-7,9-10,12-13,15-16,18-19H,2,5,8,11,14,17,20-21H2,1H3,(H,23,24);3-4,6-7,9-10,12-13,15-16H,2,5,8,11,14,17-19H2,1H3,(H,21,22)/b4-3+,7-6-,10-9-,13-12-,16-15-,19-18-;4-3-,7-6-,10-9-,13-12-,16-15-. The number of carboxylic acids is 2. The summed E-state index contributed by atoms with van der Waals surface area (Å²) in [7, 11) is 0. The Morgan fingerprint density at radius 1 is 0.348 bits per heavy atom. The first kappa shape index (κ1) is 44.2. The second-order valence-corrected chi connectivity index (χ2v) is 10.3. The molecule has 0 saturated carbocycles. The van der Waals surface area contributed by atoms with Crippen LogP contribution < -0.4 is 0 Å². The lowest BCUT2D eigenvalue weighted by Gasteiger charge is -1.89. The van der Waals surface area contributed by atoms with E-state index in [-0.39, 0.29) is 12.8 Å². The molecular weight excluding hydrogens is 568 g/mol. The highest BCUT2D eigenvalue weighted by atomic mass is 16.4. The van der Waals surface area contributed by atoms with Gasteiger partial charge in [0.15, 0.2) is 0 Å². The third-order valence-corrected chi connectivity index (χ3v) is 6.04. The highest BCUT2D eigenvalue weighted by Crippen LogP contribution is 2.00. The van der Waals surface area contributed by atoms with Gasteiger partial charge in [-0.1, -0.05) is 148 Å². The van der Waals surface area contributed by atoms with Crippen LogP contribution in [0.15, 0.2) is 134 Å². The maximum Gasteiger partial charge on any atom is 0.303 e. The molecule has 2 N–H and O–H groups in total. The number of hydrogen-bond acceptors (Lipinski definition) is 2. The first-order valence-corrected chi connectivity index (χ1v) is 17.1. The molecule has 0 aromatic carbocycles. The summed E-state index contributed by atoms with van der Waals surface area (Å²) in [5.74, 6) is -1.46. The number of rotatable bonds is 27. The van der Waals surface area contributed by atoms with Gasteiger partial charge in [0.1, 0.15) is 0 Å². The molecule has 4 heteroatoms. The van der Waals surface area contributed by atoms with Gasteiger partial charge in [0.05, 0.1) is 0 Å². The van der Waals surface area contributed by atoms with Gasteiger partial charge in [-0.3, -0.25) is 9.59 Å². The first-order chi connectivity index (χ1) is 22.5. The highest BCUT2D eigenvalue weighted by Gasteiger charge is 1.92. The van der Waals surface area contributed by atoms with E-state index in [2.05, 4.69) is 135 Å². The Kier molecular flexibility index (Phi) is 39.5. The van der Waals surface area contributed by atoms with Crippen molar-refractivity contribution in [2.75, 3.05) is 0 Å². The van der Waals surface area contributed by atoms with Gasteiger partial charge < -0.3 is 10.2 Å². The van der Waals surface area contributed by atoms with Crippen molar-refractivity contribution >= 4 is 11.9 Å². The maximum atomic E-state index is 10.3. The molecule has 0 saturated heterocycles. The van der Waals surface area contributed by atoms with Crippen LogP contribution in [-0.2, 0) is 9.59 Å². The molecule has 0 atom stereocenters. The van der Waals surface area contributed by atoms with Crippen molar-refractivity contribution in [2.24, 2.45) is 0 Å². The second-order valence-electron chi connectivity index (χ2n) is 10.3. The van der Waals surface area contributed by atoms with Crippen molar-refractivity contribution in [1.82, 2.24) is 0 Å². The highest BCUT2D eigenvalue weighted by molar-refractivity contribution is 5.67. The summed E-state index contributed by atoms with van der Waals surface area (Å²) in [6, 6.07) is 0. The van der Waals surface area contributed by atoms with Crippen molar-refractivity contribution in [1.29, 1.82) is 0 Å². The minimum absolute atomic E-state index is 0.210. The average molecular weight is 631 g/mol. The van der Waals surface area contributed by atoms with Crippen LogP contribution in [-0.4, -0.2) is 22.2 Å². The molecule has 46 heavy (non-hydrogen) atoms. The van der Waals surface area contributed by atoms with Crippen LogP contribution in [0.3, 0.4) is 0 Å². The van der Waals surface area contributed by atoms with Crippen LogP contribution >= 0.6 is 0 Å². The van der Waals surface area contributed by atoms with Crippen LogP contribution in [0.5, 0.6) is 0 Å². The van der Waals surface area contributed by atoms with E-state index >= 15 is 0 Å². The number of aliphatic carboxylic acids is 2. The number of carbonyl (C=O) groups is 2. The monoisotopic (exact) mass is 630 g/mol. The third kappa shape index (κ3) is 47.0. The molecule has 0 aliphatic heterocycles. The van der Waals surface area contributed by atoms with E-state index in [0.29, 0.717) is 6.42 Å². The summed E-state index contributed by atoms with van der Waals surface area (Å²) < 4.78 is 0. The number of hydrogen-bond donors (Lipinski definition) is 2. The van der Waals surface area contributed by atoms with E-state index in [1.165, 1.54) is 0 Å². The molecule has 0 rings (SSSR count). The molecule has 0 fully saturated rings. The zero-order chi connectivity index (χ0) is 34.0. The molecule has 0 unspecified atom stereocenters. The molecule has 0 bridgehead atoms. The summed E-state index contributed by atoms with van der Waals surface area (Å²) in [5.41, 5.74) is 0. The predicted molar refractivity (Wildman–Crippen MR) is 201 cm³/mol. The van der Waals surface area contributed by atoms with Crippen molar-refractivity contribution in [2.45, 2.75) is 117 Å². The predicted octanol–water partition coefficient (Wildman–Crippen LogP) is 12.5. The van der Waals surface area contributed by atoms with E-state index in [9.17, 15) is 9.59 Å². The van der Waals surface area contributed by atoms with E-state index < -0.39 is 11.9 Å². The number of allylic oxidation sites excluding steroid dienone is 22. The van der Waals surface area contributed by atoms with E-state index in [4.69, 9.17) is 10.2 Å². The van der Waals surface area contributed by atoms with Gasteiger partial charge in [0.25, 0.3) is 0 Å². The van der Waals surface area contributed by atoms with Crippen molar-refractivity contribution in [3.63, 3.8) is 0 Å². The first-order valence-electron chi connectivity index (χ1n) is 17.1. The molecule has 0 spiro atoms. The van der Waals surface area contributed by atoms with Gasteiger partial charge >= 0.3 is 11.9 Å². The molecule has 0 radical (unpaired) electrons. The number of carboxylic acid groups (broad SMARTS) is 2. The quantitative estimate of drug-likeness (QED) is 0.0699. The fourth-order valence-electron chi connectivity index (χ4n) is 3.59. The van der Waals surface area contributed by atoms with Gasteiger partial charge in [-0.25, -0.2) is 0 Å². The van der Waals surface area contributed by atoms with Gasteiger partial charge in [-0.2, -0.15) is 0 Å².